The lowest BCUT2D eigenvalue weighted by atomic mass is 9.95. The first-order chi connectivity index (χ1) is 11.0. The van der Waals surface area contributed by atoms with Crippen LogP contribution < -0.4 is 5.32 Å². The maximum Gasteiger partial charge on any atom is 0.223 e. The van der Waals surface area contributed by atoms with Crippen LogP contribution in [0.3, 0.4) is 0 Å². The number of nitrogens with one attached hydrogen (secondary N) is 1. The molecule has 0 saturated carbocycles. The van der Waals surface area contributed by atoms with Crippen LogP contribution in [-0.4, -0.2) is 29.9 Å². The predicted octanol–water partition coefficient (Wildman–Crippen LogP) is 4.00. The molecule has 1 heterocycles. The van der Waals surface area contributed by atoms with Crippen molar-refractivity contribution in [3.8, 4) is 0 Å². The van der Waals surface area contributed by atoms with Crippen molar-refractivity contribution in [2.24, 2.45) is 5.92 Å². The van der Waals surface area contributed by atoms with Crippen molar-refractivity contribution in [3.05, 3.63) is 34.6 Å². The number of nitrogens with zero attached hydrogens (tertiary/aromatic N) is 1. The van der Waals surface area contributed by atoms with Crippen molar-refractivity contribution in [1.29, 1.82) is 0 Å². The Hall–Kier alpha value is -1.13. The van der Waals surface area contributed by atoms with Crippen LogP contribution in [-0.2, 0) is 11.3 Å². The summed E-state index contributed by atoms with van der Waals surface area (Å²) in [5.74, 6) is -0.0173. The van der Waals surface area contributed by atoms with Gasteiger partial charge in [0.05, 0.1) is 0 Å². The molecule has 5 heteroatoms. The summed E-state index contributed by atoms with van der Waals surface area (Å²) < 4.78 is 13.9. The zero-order valence-electron chi connectivity index (χ0n) is 13.9. The van der Waals surface area contributed by atoms with Gasteiger partial charge in [0, 0.05) is 29.1 Å². The maximum absolute atomic E-state index is 13.9. The molecular weight excluding hydrogens is 315 g/mol. The van der Waals surface area contributed by atoms with Crippen LogP contribution in [0, 0.1) is 11.7 Å². The molecular formula is C18H26ClFN2O. The molecule has 0 bridgehead atoms. The van der Waals surface area contributed by atoms with Gasteiger partial charge in [-0.15, -0.1) is 0 Å². The van der Waals surface area contributed by atoms with Gasteiger partial charge in [-0.25, -0.2) is 4.39 Å². The zero-order chi connectivity index (χ0) is 16.8. The Kier molecular flexibility index (Phi) is 6.85. The van der Waals surface area contributed by atoms with Crippen LogP contribution in [0.25, 0.3) is 0 Å². The highest BCUT2D eigenvalue weighted by molar-refractivity contribution is 6.31. The number of hydrogen-bond acceptors (Lipinski definition) is 2. The smallest absolute Gasteiger partial charge is 0.223 e. The molecule has 1 aromatic carbocycles. The van der Waals surface area contributed by atoms with E-state index in [4.69, 9.17) is 11.6 Å². The quantitative estimate of drug-likeness (QED) is 0.849. The van der Waals surface area contributed by atoms with Crippen molar-refractivity contribution in [2.75, 3.05) is 13.1 Å². The van der Waals surface area contributed by atoms with Gasteiger partial charge in [-0.1, -0.05) is 31.5 Å². The second kappa shape index (κ2) is 8.65. The Morgan fingerprint density at radius 2 is 2.00 bits per heavy atom. The van der Waals surface area contributed by atoms with E-state index in [1.54, 1.807) is 12.1 Å². The second-order valence-electron chi connectivity index (χ2n) is 6.27. The highest BCUT2D eigenvalue weighted by Gasteiger charge is 2.26. The number of benzene rings is 1. The first kappa shape index (κ1) is 18.2. The third-order valence-electron chi connectivity index (χ3n) is 4.73. The summed E-state index contributed by atoms with van der Waals surface area (Å²) in [4.78, 5) is 14.5. The second-order valence-corrected chi connectivity index (χ2v) is 6.68. The van der Waals surface area contributed by atoms with E-state index in [1.807, 2.05) is 0 Å². The Bertz CT molecular complexity index is 506. The first-order valence-electron chi connectivity index (χ1n) is 8.50. The van der Waals surface area contributed by atoms with Gasteiger partial charge in [0.1, 0.15) is 5.82 Å². The number of piperidine rings is 1. The number of rotatable bonds is 6. The van der Waals surface area contributed by atoms with Gasteiger partial charge >= 0.3 is 0 Å². The fraction of sp³-hybridized carbons (Fsp3) is 0.611. The summed E-state index contributed by atoms with van der Waals surface area (Å²) in [6, 6.07) is 5.06. The van der Waals surface area contributed by atoms with E-state index in [0.717, 1.165) is 38.8 Å². The van der Waals surface area contributed by atoms with Crippen LogP contribution in [0.2, 0.25) is 5.02 Å². The number of hydrogen-bond donors (Lipinski definition) is 1. The van der Waals surface area contributed by atoms with Gasteiger partial charge in [0.15, 0.2) is 0 Å². The maximum atomic E-state index is 13.9. The van der Waals surface area contributed by atoms with Gasteiger partial charge < -0.3 is 5.32 Å². The Labute approximate surface area is 143 Å². The van der Waals surface area contributed by atoms with Gasteiger partial charge in [-0.05, 0) is 50.9 Å². The number of carbonyl (C=O) groups is 1. The summed E-state index contributed by atoms with van der Waals surface area (Å²) in [7, 11) is 0. The molecule has 0 aromatic heterocycles. The minimum atomic E-state index is -0.258. The number of halogens is 2. The highest BCUT2D eigenvalue weighted by Crippen LogP contribution is 2.24. The van der Waals surface area contributed by atoms with Gasteiger partial charge in [0.2, 0.25) is 5.91 Å². The Balaban J connectivity index is 1.85. The zero-order valence-corrected chi connectivity index (χ0v) is 14.7. The standard InChI is InChI=1S/C18H26ClFN2O/c1-3-14(4-2)21-18(23)13-8-10-22(11-9-13)12-15-16(19)6-5-7-17(15)20/h5-7,13-14H,3-4,8-12H2,1-2H3,(H,21,23). The molecule has 0 aliphatic carbocycles. The minimum absolute atomic E-state index is 0.0722. The van der Waals surface area contributed by atoms with E-state index in [-0.39, 0.29) is 23.7 Å². The first-order valence-corrected chi connectivity index (χ1v) is 8.88. The normalized spacial score (nSPS) is 16.7. The van der Waals surface area contributed by atoms with Crippen molar-refractivity contribution in [3.63, 3.8) is 0 Å². The van der Waals surface area contributed by atoms with Crippen LogP contribution in [0.15, 0.2) is 18.2 Å². The molecule has 1 fully saturated rings. The van der Waals surface area contributed by atoms with E-state index in [0.29, 0.717) is 17.1 Å². The summed E-state index contributed by atoms with van der Waals surface area (Å²) in [5.41, 5.74) is 0.550. The van der Waals surface area contributed by atoms with Gasteiger partial charge in [-0.2, -0.15) is 0 Å². The average molecular weight is 341 g/mol. The average Bonchev–Trinajstić information content (AvgIpc) is 2.56. The summed E-state index contributed by atoms with van der Waals surface area (Å²) in [6.07, 6.45) is 3.57. The van der Waals surface area contributed by atoms with Crippen LogP contribution in [0.4, 0.5) is 4.39 Å². The lowest BCUT2D eigenvalue weighted by Crippen LogP contribution is -2.43. The summed E-state index contributed by atoms with van der Waals surface area (Å²) in [6.45, 7) is 6.29. The number of amides is 1. The van der Waals surface area contributed by atoms with E-state index < -0.39 is 0 Å². The molecule has 0 atom stereocenters. The molecule has 2 rings (SSSR count). The topological polar surface area (TPSA) is 32.3 Å². The molecule has 1 aromatic rings. The van der Waals surface area contributed by atoms with E-state index >= 15 is 0 Å². The summed E-state index contributed by atoms with van der Waals surface area (Å²) in [5, 5.41) is 3.60. The fourth-order valence-electron chi connectivity index (χ4n) is 3.07. The van der Waals surface area contributed by atoms with Crippen molar-refractivity contribution in [2.45, 2.75) is 52.1 Å². The predicted molar refractivity (Wildman–Crippen MR) is 91.9 cm³/mol. The Morgan fingerprint density at radius 3 is 2.57 bits per heavy atom. The largest absolute Gasteiger partial charge is 0.353 e. The van der Waals surface area contributed by atoms with E-state index in [1.165, 1.54) is 6.07 Å². The van der Waals surface area contributed by atoms with Gasteiger partial charge in [0.25, 0.3) is 0 Å². The third-order valence-corrected chi connectivity index (χ3v) is 5.09. The summed E-state index contributed by atoms with van der Waals surface area (Å²) >= 11 is 6.09. The van der Waals surface area contributed by atoms with Crippen molar-refractivity contribution >= 4 is 17.5 Å². The van der Waals surface area contributed by atoms with E-state index in [9.17, 15) is 9.18 Å². The molecule has 128 valence electrons. The lowest BCUT2D eigenvalue weighted by Gasteiger charge is -2.32. The monoisotopic (exact) mass is 340 g/mol. The molecule has 23 heavy (non-hydrogen) atoms. The molecule has 1 aliphatic rings. The van der Waals surface area contributed by atoms with Crippen LogP contribution in [0.1, 0.15) is 45.1 Å². The number of likely N-dealkylation sites (tertiary alicyclic amines) is 1. The molecule has 0 unspecified atom stereocenters. The van der Waals surface area contributed by atoms with Gasteiger partial charge in [-0.3, -0.25) is 9.69 Å². The molecule has 1 saturated heterocycles. The molecule has 3 nitrogen and oxygen atoms in total. The molecule has 0 spiro atoms. The molecule has 1 N–H and O–H groups in total. The SMILES string of the molecule is CCC(CC)NC(=O)C1CCN(Cc2c(F)cccc2Cl)CC1. The minimum Gasteiger partial charge on any atom is -0.353 e. The van der Waals surface area contributed by atoms with Crippen molar-refractivity contribution < 1.29 is 9.18 Å². The van der Waals surface area contributed by atoms with E-state index in [2.05, 4.69) is 24.1 Å². The highest BCUT2D eigenvalue weighted by atomic mass is 35.5. The van der Waals surface area contributed by atoms with Crippen molar-refractivity contribution in [1.82, 2.24) is 10.2 Å². The number of carbonyl (C=O) groups excluding carboxylic acids is 1. The Morgan fingerprint density at radius 1 is 1.35 bits per heavy atom. The molecule has 1 amide bonds. The van der Waals surface area contributed by atoms with Crippen LogP contribution in [0.5, 0.6) is 0 Å². The van der Waals surface area contributed by atoms with Crippen LogP contribution >= 0.6 is 11.6 Å². The third kappa shape index (κ3) is 4.92. The molecule has 1 aliphatic heterocycles. The molecule has 0 radical (unpaired) electrons. The lowest BCUT2D eigenvalue weighted by molar-refractivity contribution is -0.127. The fourth-order valence-corrected chi connectivity index (χ4v) is 3.29.